The number of hydrogen-bond donors (Lipinski definition) is 2. The van der Waals surface area contributed by atoms with Crippen LogP contribution >= 0.6 is 0 Å². The van der Waals surface area contributed by atoms with E-state index in [1.807, 2.05) is 0 Å². The number of nitrogens with zero attached hydrogens (tertiary/aromatic N) is 2. The fourth-order valence-electron chi connectivity index (χ4n) is 2.10. The molecule has 2 rings (SSSR count). The fraction of sp³-hybridized carbons (Fsp3) is 0.333. The van der Waals surface area contributed by atoms with Crippen molar-refractivity contribution in [3.8, 4) is 0 Å². The number of carbonyl (C=O) groups excluding carboxylic acids is 1. The molecule has 0 radical (unpaired) electrons. The highest BCUT2D eigenvalue weighted by molar-refractivity contribution is 5.83. The number of benzene rings is 1. The van der Waals surface area contributed by atoms with Crippen LogP contribution in [0.2, 0.25) is 0 Å². The van der Waals surface area contributed by atoms with Gasteiger partial charge in [-0.3, -0.25) is 9.59 Å². The van der Waals surface area contributed by atoms with E-state index < -0.39 is 35.2 Å². The summed E-state index contributed by atoms with van der Waals surface area (Å²) in [6.07, 6.45) is -3.29. The van der Waals surface area contributed by atoms with Gasteiger partial charge < -0.3 is 10.3 Å². The van der Waals surface area contributed by atoms with E-state index in [4.69, 9.17) is 0 Å². The molecule has 1 aromatic carbocycles. The lowest BCUT2D eigenvalue weighted by Crippen LogP contribution is -2.34. The van der Waals surface area contributed by atoms with Crippen LogP contribution in [0, 0.1) is 0 Å². The van der Waals surface area contributed by atoms with Crippen molar-refractivity contribution in [2.75, 3.05) is 0 Å². The number of halogens is 3. The zero-order valence-electron chi connectivity index (χ0n) is 12.9. The van der Waals surface area contributed by atoms with Crippen LogP contribution in [-0.4, -0.2) is 21.1 Å². The van der Waals surface area contributed by atoms with Crippen molar-refractivity contribution in [2.45, 2.75) is 32.0 Å². The Morgan fingerprint density at radius 3 is 2.38 bits per heavy atom. The molecule has 0 aliphatic heterocycles. The zero-order chi connectivity index (χ0) is 17.9. The van der Waals surface area contributed by atoms with Crippen molar-refractivity contribution in [2.24, 2.45) is 0 Å². The van der Waals surface area contributed by atoms with Crippen molar-refractivity contribution in [3.63, 3.8) is 0 Å². The summed E-state index contributed by atoms with van der Waals surface area (Å²) >= 11 is 0. The number of carbonyl (C=O) groups is 1. The summed E-state index contributed by atoms with van der Waals surface area (Å²) in [4.78, 5) is 26.2. The maximum atomic E-state index is 12.6. The van der Waals surface area contributed by atoms with Crippen molar-refractivity contribution >= 4 is 5.91 Å². The topological polar surface area (TPSA) is 87.7 Å². The molecule has 1 heterocycles. The van der Waals surface area contributed by atoms with Gasteiger partial charge in [-0.1, -0.05) is 12.1 Å². The second-order valence-electron chi connectivity index (χ2n) is 5.28. The maximum absolute atomic E-state index is 12.6. The number of rotatable bonds is 4. The Morgan fingerprint density at radius 2 is 1.83 bits per heavy atom. The monoisotopic (exact) mass is 340 g/mol. The number of hydrogen-bond acceptors (Lipinski definition) is 4. The zero-order valence-corrected chi connectivity index (χ0v) is 12.9. The molecule has 1 amide bonds. The predicted octanol–water partition coefficient (Wildman–Crippen LogP) is 2.16. The molecular formula is C15H15F3N4O2. The molecule has 0 bridgehead atoms. The predicted molar refractivity (Wildman–Crippen MR) is 79.1 cm³/mol. The van der Waals surface area contributed by atoms with E-state index in [9.17, 15) is 22.8 Å². The van der Waals surface area contributed by atoms with Crippen molar-refractivity contribution in [1.29, 1.82) is 0 Å². The molecule has 2 N–H and O–H groups in total. The Hall–Kier alpha value is -2.71. The number of nitrogens with one attached hydrogen (secondary N) is 2. The summed E-state index contributed by atoms with van der Waals surface area (Å²) in [5.74, 6) is -1.13. The van der Waals surface area contributed by atoms with E-state index in [1.165, 1.54) is 12.1 Å². The van der Waals surface area contributed by atoms with Gasteiger partial charge in [-0.25, -0.2) is 0 Å². The van der Waals surface area contributed by atoms with Gasteiger partial charge in [-0.15, -0.1) is 10.2 Å². The lowest BCUT2D eigenvalue weighted by atomic mass is 9.98. The Morgan fingerprint density at radius 1 is 1.21 bits per heavy atom. The molecule has 2 unspecified atom stereocenters. The average molecular weight is 340 g/mol. The Kier molecular flexibility index (Phi) is 5.01. The summed E-state index contributed by atoms with van der Waals surface area (Å²) < 4.78 is 37.7. The normalized spacial score (nSPS) is 14.0. The van der Waals surface area contributed by atoms with Crippen molar-refractivity contribution in [1.82, 2.24) is 20.5 Å². The molecule has 0 saturated heterocycles. The molecule has 0 saturated carbocycles. The summed E-state index contributed by atoms with van der Waals surface area (Å²) in [7, 11) is 0. The smallest absolute Gasteiger partial charge is 0.347 e. The molecule has 0 fully saturated rings. The number of amides is 1. The highest BCUT2D eigenvalue weighted by Gasteiger charge is 2.30. The number of aromatic amines is 1. The maximum Gasteiger partial charge on any atom is 0.416 e. The number of aromatic nitrogens is 3. The van der Waals surface area contributed by atoms with E-state index >= 15 is 0 Å². The van der Waals surface area contributed by atoms with Crippen LogP contribution in [0.3, 0.4) is 0 Å². The molecule has 0 aliphatic carbocycles. The molecule has 6 nitrogen and oxygen atoms in total. The van der Waals surface area contributed by atoms with Gasteiger partial charge in [0.1, 0.15) is 12.0 Å². The quantitative estimate of drug-likeness (QED) is 0.893. The SMILES string of the molecule is CC(NC(=O)C(C)c1ccc(C(F)(F)F)cc1)c1nnc[nH]c1=O. The van der Waals surface area contributed by atoms with Crippen LogP contribution in [0.5, 0.6) is 0 Å². The fourth-order valence-corrected chi connectivity index (χ4v) is 2.10. The highest BCUT2D eigenvalue weighted by atomic mass is 19.4. The first-order chi connectivity index (χ1) is 11.2. The van der Waals surface area contributed by atoms with Crippen LogP contribution in [0.4, 0.5) is 13.2 Å². The van der Waals surface area contributed by atoms with E-state index in [0.717, 1.165) is 18.5 Å². The third-order valence-corrected chi connectivity index (χ3v) is 3.55. The lowest BCUT2D eigenvalue weighted by Gasteiger charge is -2.17. The van der Waals surface area contributed by atoms with Gasteiger partial charge in [-0.05, 0) is 31.5 Å². The molecule has 128 valence electrons. The minimum atomic E-state index is -4.43. The van der Waals surface area contributed by atoms with E-state index in [-0.39, 0.29) is 5.69 Å². The first-order valence-corrected chi connectivity index (χ1v) is 7.08. The summed E-state index contributed by atoms with van der Waals surface area (Å²) in [6.45, 7) is 3.13. The van der Waals surface area contributed by atoms with Gasteiger partial charge in [0.2, 0.25) is 5.91 Å². The highest BCUT2D eigenvalue weighted by Crippen LogP contribution is 2.30. The van der Waals surface area contributed by atoms with Crippen LogP contribution in [0.15, 0.2) is 35.4 Å². The minimum Gasteiger partial charge on any atom is -0.347 e. The third kappa shape index (κ3) is 3.98. The number of H-pyrrole nitrogens is 1. The van der Waals surface area contributed by atoms with Crippen LogP contribution in [0.1, 0.15) is 42.6 Å². The Balaban J connectivity index is 2.09. The van der Waals surface area contributed by atoms with Crippen molar-refractivity contribution in [3.05, 3.63) is 57.8 Å². The summed E-state index contributed by atoms with van der Waals surface area (Å²) in [5.41, 5.74) is -0.774. The van der Waals surface area contributed by atoms with E-state index in [1.54, 1.807) is 13.8 Å². The molecule has 2 atom stereocenters. The van der Waals surface area contributed by atoms with Crippen LogP contribution < -0.4 is 10.9 Å². The van der Waals surface area contributed by atoms with Gasteiger partial charge >= 0.3 is 6.18 Å². The molecule has 0 aliphatic rings. The lowest BCUT2D eigenvalue weighted by molar-refractivity contribution is -0.137. The Bertz CT molecular complexity index is 771. The summed E-state index contributed by atoms with van der Waals surface area (Å²) in [5, 5.41) is 9.81. The van der Waals surface area contributed by atoms with Crippen LogP contribution in [-0.2, 0) is 11.0 Å². The van der Waals surface area contributed by atoms with Gasteiger partial charge in [0.15, 0.2) is 0 Å². The second-order valence-corrected chi connectivity index (χ2v) is 5.28. The second kappa shape index (κ2) is 6.81. The standard InChI is InChI=1S/C15H15F3N4O2/c1-8(10-3-5-11(6-4-10)15(16,17)18)13(23)21-9(2)12-14(24)19-7-20-22-12/h3-9H,1-2H3,(H,21,23)(H,19,20,24). The van der Waals surface area contributed by atoms with E-state index in [0.29, 0.717) is 5.56 Å². The summed E-state index contributed by atoms with van der Waals surface area (Å²) in [6, 6.07) is 3.68. The molecule has 9 heteroatoms. The van der Waals surface area contributed by atoms with Gasteiger partial charge in [0.05, 0.1) is 17.5 Å². The molecule has 24 heavy (non-hydrogen) atoms. The third-order valence-electron chi connectivity index (χ3n) is 3.55. The first kappa shape index (κ1) is 17.6. The molecule has 2 aromatic rings. The minimum absolute atomic E-state index is 0.0467. The van der Waals surface area contributed by atoms with Gasteiger partial charge in [0.25, 0.3) is 5.56 Å². The molecule has 0 spiro atoms. The van der Waals surface area contributed by atoms with E-state index in [2.05, 4.69) is 20.5 Å². The first-order valence-electron chi connectivity index (χ1n) is 7.08. The van der Waals surface area contributed by atoms with Crippen LogP contribution in [0.25, 0.3) is 0 Å². The largest absolute Gasteiger partial charge is 0.416 e. The molecule has 1 aromatic heterocycles. The van der Waals surface area contributed by atoms with Gasteiger partial charge in [-0.2, -0.15) is 13.2 Å². The average Bonchev–Trinajstić information content (AvgIpc) is 2.53. The van der Waals surface area contributed by atoms with Crippen molar-refractivity contribution < 1.29 is 18.0 Å². The molecular weight excluding hydrogens is 325 g/mol. The Labute approximate surface area is 135 Å². The number of alkyl halides is 3. The van der Waals surface area contributed by atoms with Gasteiger partial charge in [0, 0.05) is 0 Å².